The number of carbonyl (C=O) groups is 1. The van der Waals surface area contributed by atoms with E-state index in [9.17, 15) is 4.79 Å². The van der Waals surface area contributed by atoms with Crippen molar-refractivity contribution in [1.29, 1.82) is 0 Å². The first kappa shape index (κ1) is 13.9. The van der Waals surface area contributed by atoms with Crippen molar-refractivity contribution in [3.63, 3.8) is 0 Å². The molecule has 16 heavy (non-hydrogen) atoms. The minimum atomic E-state index is -0.126. The summed E-state index contributed by atoms with van der Waals surface area (Å²) in [5.41, 5.74) is 0.459. The molecule has 1 heterocycles. The van der Waals surface area contributed by atoms with Gasteiger partial charge >= 0.3 is 0 Å². The van der Waals surface area contributed by atoms with Crippen molar-refractivity contribution in [1.82, 2.24) is 5.32 Å². The van der Waals surface area contributed by atoms with Crippen molar-refractivity contribution in [3.05, 3.63) is 31.4 Å². The van der Waals surface area contributed by atoms with Crippen LogP contribution in [0.15, 0.2) is 17.2 Å². The van der Waals surface area contributed by atoms with E-state index in [-0.39, 0.29) is 5.78 Å². The minimum absolute atomic E-state index is 0.126. The van der Waals surface area contributed by atoms with Crippen molar-refractivity contribution >= 4 is 52.1 Å². The third kappa shape index (κ3) is 3.70. The average Bonchev–Trinajstić information content (AvgIpc) is 2.57. The Bertz CT molecular complexity index is 415. The molecule has 0 aromatic carbocycles. The second kappa shape index (κ2) is 6.55. The second-order valence-electron chi connectivity index (χ2n) is 2.85. The summed E-state index contributed by atoms with van der Waals surface area (Å²) in [5.74, 6) is -0.126. The molecule has 0 aliphatic rings. The SMILES string of the molecule is CCN/C(=C\C(=O)c1cc(Cl)sc1Cl)SC. The highest BCUT2D eigenvalue weighted by Crippen LogP contribution is 2.31. The monoisotopic (exact) mass is 295 g/mol. The number of halogens is 2. The molecule has 0 amide bonds. The average molecular weight is 296 g/mol. The van der Waals surface area contributed by atoms with E-state index in [1.165, 1.54) is 23.1 Å². The summed E-state index contributed by atoms with van der Waals surface area (Å²) in [7, 11) is 0. The highest BCUT2D eigenvalue weighted by Gasteiger charge is 2.12. The van der Waals surface area contributed by atoms with E-state index in [0.717, 1.165) is 11.6 Å². The zero-order valence-corrected chi connectivity index (χ0v) is 12.0. The molecule has 1 aromatic rings. The predicted molar refractivity (Wildman–Crippen MR) is 73.9 cm³/mol. The Kier molecular flexibility index (Phi) is 5.69. The number of hydrogen-bond acceptors (Lipinski definition) is 4. The van der Waals surface area contributed by atoms with Crippen LogP contribution in [0.2, 0.25) is 8.67 Å². The van der Waals surface area contributed by atoms with E-state index < -0.39 is 0 Å². The highest BCUT2D eigenvalue weighted by molar-refractivity contribution is 8.02. The Morgan fingerprint density at radius 3 is 2.75 bits per heavy atom. The van der Waals surface area contributed by atoms with Gasteiger partial charge in [0.2, 0.25) is 0 Å². The molecular formula is C10H11Cl2NOS2. The van der Waals surface area contributed by atoms with Crippen LogP contribution in [0, 0.1) is 0 Å². The second-order valence-corrected chi connectivity index (χ2v) is 5.98. The summed E-state index contributed by atoms with van der Waals surface area (Å²) >= 11 is 14.4. The van der Waals surface area contributed by atoms with E-state index >= 15 is 0 Å². The first-order valence-corrected chi connectivity index (χ1v) is 7.37. The maximum atomic E-state index is 11.9. The summed E-state index contributed by atoms with van der Waals surface area (Å²) in [6.45, 7) is 2.75. The van der Waals surface area contributed by atoms with Crippen LogP contribution < -0.4 is 5.32 Å². The van der Waals surface area contributed by atoms with E-state index in [1.807, 2.05) is 13.2 Å². The summed E-state index contributed by atoms with van der Waals surface area (Å²) in [4.78, 5) is 11.9. The molecule has 1 N–H and O–H groups in total. The first-order valence-electron chi connectivity index (χ1n) is 4.57. The molecular weight excluding hydrogens is 285 g/mol. The molecule has 0 radical (unpaired) electrons. The van der Waals surface area contributed by atoms with Crippen LogP contribution in [-0.2, 0) is 0 Å². The Hall–Kier alpha value is -0.160. The van der Waals surface area contributed by atoms with Crippen LogP contribution in [0.1, 0.15) is 17.3 Å². The third-order valence-corrected chi connectivity index (χ3v) is 3.94. The molecule has 0 aliphatic carbocycles. The van der Waals surface area contributed by atoms with Crippen LogP contribution in [0.4, 0.5) is 0 Å². The number of thiophene rings is 1. The van der Waals surface area contributed by atoms with E-state index in [1.54, 1.807) is 12.1 Å². The minimum Gasteiger partial charge on any atom is -0.380 e. The van der Waals surface area contributed by atoms with Crippen molar-refractivity contribution < 1.29 is 4.79 Å². The number of hydrogen-bond donors (Lipinski definition) is 1. The van der Waals surface area contributed by atoms with Crippen LogP contribution in [0.25, 0.3) is 0 Å². The maximum Gasteiger partial charge on any atom is 0.190 e. The lowest BCUT2D eigenvalue weighted by molar-refractivity contribution is 0.104. The van der Waals surface area contributed by atoms with Gasteiger partial charge in [0.15, 0.2) is 5.78 Å². The lowest BCUT2D eigenvalue weighted by Gasteiger charge is -2.04. The summed E-state index contributed by atoms with van der Waals surface area (Å²) in [5, 5.41) is 3.91. The normalized spacial score (nSPS) is 11.6. The molecule has 0 spiro atoms. The van der Waals surface area contributed by atoms with E-state index in [0.29, 0.717) is 14.2 Å². The smallest absolute Gasteiger partial charge is 0.190 e. The Morgan fingerprint density at radius 2 is 2.31 bits per heavy atom. The molecule has 0 bridgehead atoms. The van der Waals surface area contributed by atoms with E-state index in [2.05, 4.69) is 5.32 Å². The number of nitrogens with one attached hydrogen (secondary N) is 1. The van der Waals surface area contributed by atoms with Crippen molar-refractivity contribution in [3.8, 4) is 0 Å². The van der Waals surface area contributed by atoms with Crippen molar-refractivity contribution in [2.45, 2.75) is 6.92 Å². The molecule has 2 nitrogen and oxygen atoms in total. The van der Waals surface area contributed by atoms with Gasteiger partial charge in [0.05, 0.1) is 14.9 Å². The number of allylic oxidation sites excluding steroid dienone is 1. The fourth-order valence-corrected chi connectivity index (χ4v) is 3.05. The van der Waals surface area contributed by atoms with Crippen LogP contribution in [-0.4, -0.2) is 18.6 Å². The molecule has 0 unspecified atom stereocenters. The predicted octanol–water partition coefficient (Wildman–Crippen LogP) is 4.05. The zero-order chi connectivity index (χ0) is 12.1. The largest absolute Gasteiger partial charge is 0.380 e. The first-order chi connectivity index (χ1) is 7.58. The summed E-state index contributed by atoms with van der Waals surface area (Å²) in [6.07, 6.45) is 3.45. The number of ketones is 1. The van der Waals surface area contributed by atoms with Gasteiger partial charge in [0.1, 0.15) is 4.34 Å². The third-order valence-electron chi connectivity index (χ3n) is 1.76. The fourth-order valence-electron chi connectivity index (χ4n) is 1.06. The zero-order valence-electron chi connectivity index (χ0n) is 8.84. The molecule has 1 aromatic heterocycles. The maximum absolute atomic E-state index is 11.9. The van der Waals surface area contributed by atoms with Crippen LogP contribution >= 0.6 is 46.3 Å². The van der Waals surface area contributed by atoms with Gasteiger partial charge < -0.3 is 5.32 Å². The van der Waals surface area contributed by atoms with Gasteiger partial charge in [-0.25, -0.2) is 0 Å². The molecule has 0 fully saturated rings. The molecule has 88 valence electrons. The molecule has 1 rings (SSSR count). The molecule has 0 atom stereocenters. The summed E-state index contributed by atoms with van der Waals surface area (Å²) in [6, 6.07) is 1.59. The Labute approximate surface area is 113 Å². The van der Waals surface area contributed by atoms with Gasteiger partial charge in [-0.15, -0.1) is 23.1 Å². The van der Waals surface area contributed by atoms with Crippen molar-refractivity contribution in [2.75, 3.05) is 12.8 Å². The van der Waals surface area contributed by atoms with Crippen LogP contribution in [0.3, 0.4) is 0 Å². The highest BCUT2D eigenvalue weighted by atomic mass is 35.5. The van der Waals surface area contributed by atoms with Gasteiger partial charge in [-0.2, -0.15) is 0 Å². The molecule has 0 saturated heterocycles. The standard InChI is InChI=1S/C10H11Cl2NOS2/c1-3-13-9(15-2)5-7(14)6-4-8(11)16-10(6)12/h4-5,13H,3H2,1-2H3/b9-5+. The molecule has 0 aliphatic heterocycles. The van der Waals surface area contributed by atoms with Gasteiger partial charge in [-0.05, 0) is 19.2 Å². The fraction of sp³-hybridized carbons (Fsp3) is 0.300. The quantitative estimate of drug-likeness (QED) is 0.656. The van der Waals surface area contributed by atoms with Gasteiger partial charge in [-0.3, -0.25) is 4.79 Å². The number of rotatable bonds is 5. The number of thioether (sulfide) groups is 1. The van der Waals surface area contributed by atoms with Crippen LogP contribution in [0.5, 0.6) is 0 Å². The Balaban J connectivity index is 2.89. The van der Waals surface area contributed by atoms with Gasteiger partial charge in [0, 0.05) is 12.6 Å². The lowest BCUT2D eigenvalue weighted by Crippen LogP contribution is -2.11. The summed E-state index contributed by atoms with van der Waals surface area (Å²) < 4.78 is 0.958. The molecule has 6 heteroatoms. The van der Waals surface area contributed by atoms with Crippen molar-refractivity contribution in [2.24, 2.45) is 0 Å². The topological polar surface area (TPSA) is 29.1 Å². The lowest BCUT2D eigenvalue weighted by atomic mass is 10.2. The number of carbonyl (C=O) groups excluding carboxylic acids is 1. The Morgan fingerprint density at radius 1 is 1.62 bits per heavy atom. The van der Waals surface area contributed by atoms with Gasteiger partial charge in [0.25, 0.3) is 0 Å². The van der Waals surface area contributed by atoms with E-state index in [4.69, 9.17) is 23.2 Å². The molecule has 0 saturated carbocycles. The van der Waals surface area contributed by atoms with Gasteiger partial charge in [-0.1, -0.05) is 23.2 Å².